The smallest absolute Gasteiger partial charge is 0.283 e. The van der Waals surface area contributed by atoms with Gasteiger partial charge in [-0.3, -0.25) is 10.2 Å². The third-order valence-electron chi connectivity index (χ3n) is 6.13. The molecule has 8 nitrogen and oxygen atoms in total. The molecule has 2 aromatic rings. The Morgan fingerprint density at radius 1 is 1.08 bits per heavy atom. The summed E-state index contributed by atoms with van der Waals surface area (Å²) in [4.78, 5) is 16.8. The van der Waals surface area contributed by atoms with Gasteiger partial charge < -0.3 is 14.2 Å². The molecule has 1 atom stereocenters. The molecule has 4 rings (SSSR count). The standard InChI is InChI=1S/C28H32N4O4S/c1-5-7-25-31-32-26(29)22(27(33)30-28(32)37-25)16-19-8-13-23(24(17-19)34-4)36-15-14-35-21-11-9-20(10-12-21)18(3)6-2/h8-13,16-18,29H,5-7,14-15H2,1-4H3/b22-16-,29-26?. The van der Waals surface area contributed by atoms with E-state index in [0.29, 0.717) is 41.4 Å². The van der Waals surface area contributed by atoms with Gasteiger partial charge in [0.1, 0.15) is 24.0 Å². The molecule has 2 aliphatic rings. The monoisotopic (exact) mass is 520 g/mol. The van der Waals surface area contributed by atoms with Crippen LogP contribution in [0.25, 0.3) is 6.08 Å². The molecule has 0 fully saturated rings. The fourth-order valence-corrected chi connectivity index (χ4v) is 4.83. The molecule has 0 aromatic heterocycles. The van der Waals surface area contributed by atoms with Gasteiger partial charge in [-0.1, -0.05) is 39.0 Å². The first-order chi connectivity index (χ1) is 17.9. The van der Waals surface area contributed by atoms with Crippen molar-refractivity contribution in [3.63, 3.8) is 0 Å². The molecule has 0 saturated carbocycles. The van der Waals surface area contributed by atoms with E-state index in [0.717, 1.165) is 30.1 Å². The molecular formula is C28H32N4O4S. The molecular weight excluding hydrogens is 488 g/mol. The lowest BCUT2D eigenvalue weighted by atomic mass is 9.99. The summed E-state index contributed by atoms with van der Waals surface area (Å²) in [6.45, 7) is 7.18. The van der Waals surface area contributed by atoms with Gasteiger partial charge in [-0.2, -0.15) is 15.1 Å². The van der Waals surface area contributed by atoms with Gasteiger partial charge in [0.2, 0.25) is 5.17 Å². The average Bonchev–Trinajstić information content (AvgIpc) is 3.32. The highest BCUT2D eigenvalue weighted by atomic mass is 32.2. The van der Waals surface area contributed by atoms with Crippen LogP contribution >= 0.6 is 11.8 Å². The highest BCUT2D eigenvalue weighted by molar-refractivity contribution is 8.26. The van der Waals surface area contributed by atoms with Crippen LogP contribution in [-0.4, -0.2) is 47.3 Å². The average molecular weight is 521 g/mol. The summed E-state index contributed by atoms with van der Waals surface area (Å²) in [6, 6.07) is 13.5. The number of nitrogens with zero attached hydrogens (tertiary/aromatic N) is 3. The lowest BCUT2D eigenvalue weighted by Gasteiger charge is -2.20. The number of carbonyl (C=O) groups excluding carboxylic acids is 1. The summed E-state index contributed by atoms with van der Waals surface area (Å²) in [5, 5.41) is 15.7. The van der Waals surface area contributed by atoms with Crippen molar-refractivity contribution < 1.29 is 19.0 Å². The Hall–Kier alpha value is -3.59. The number of ether oxygens (including phenoxy) is 3. The van der Waals surface area contributed by atoms with Gasteiger partial charge in [0.15, 0.2) is 17.3 Å². The summed E-state index contributed by atoms with van der Waals surface area (Å²) in [6.07, 6.45) is 4.45. The van der Waals surface area contributed by atoms with Crippen molar-refractivity contribution >= 4 is 39.8 Å². The van der Waals surface area contributed by atoms with Crippen molar-refractivity contribution in [2.75, 3.05) is 20.3 Å². The van der Waals surface area contributed by atoms with Crippen LogP contribution in [-0.2, 0) is 4.79 Å². The van der Waals surface area contributed by atoms with Crippen LogP contribution < -0.4 is 14.2 Å². The fourth-order valence-electron chi connectivity index (χ4n) is 3.85. The summed E-state index contributed by atoms with van der Waals surface area (Å²) in [5.74, 6) is 1.98. The molecule has 0 bridgehead atoms. The highest BCUT2D eigenvalue weighted by Gasteiger charge is 2.35. The molecule has 2 heterocycles. The second kappa shape index (κ2) is 12.1. The maximum Gasteiger partial charge on any atom is 0.283 e. The molecule has 2 aromatic carbocycles. The van der Waals surface area contributed by atoms with E-state index in [1.54, 1.807) is 25.3 Å². The number of amides is 1. The Bertz CT molecular complexity index is 1250. The first-order valence-electron chi connectivity index (χ1n) is 12.5. The van der Waals surface area contributed by atoms with E-state index < -0.39 is 5.91 Å². The SMILES string of the molecule is CCCC1=NN2C(=N)/C(=C/c3ccc(OCCOc4ccc(C(C)CC)cc4)c(OC)c3)C(=O)N=C2S1. The van der Waals surface area contributed by atoms with Gasteiger partial charge in [-0.15, -0.1) is 0 Å². The number of aliphatic imine (C=N–C) groups is 1. The summed E-state index contributed by atoms with van der Waals surface area (Å²) in [5.41, 5.74) is 2.17. The van der Waals surface area contributed by atoms with Gasteiger partial charge in [0.25, 0.3) is 5.91 Å². The lowest BCUT2D eigenvalue weighted by Crippen LogP contribution is -2.35. The van der Waals surface area contributed by atoms with Crippen LogP contribution in [0.2, 0.25) is 0 Å². The predicted molar refractivity (Wildman–Crippen MR) is 149 cm³/mol. The maximum atomic E-state index is 12.6. The summed E-state index contributed by atoms with van der Waals surface area (Å²) < 4.78 is 17.2. The number of benzene rings is 2. The van der Waals surface area contributed by atoms with E-state index in [4.69, 9.17) is 19.6 Å². The molecule has 1 unspecified atom stereocenters. The third kappa shape index (κ3) is 6.22. The Labute approximate surface area is 221 Å². The van der Waals surface area contributed by atoms with Crippen LogP contribution in [0.3, 0.4) is 0 Å². The summed E-state index contributed by atoms with van der Waals surface area (Å²) in [7, 11) is 1.56. The number of hydrazone groups is 1. The number of rotatable bonds is 11. The number of thioether (sulfide) groups is 1. The van der Waals surface area contributed by atoms with Gasteiger partial charge >= 0.3 is 0 Å². The van der Waals surface area contributed by atoms with Crippen molar-refractivity contribution in [1.82, 2.24) is 5.01 Å². The van der Waals surface area contributed by atoms with Crippen molar-refractivity contribution in [3.05, 3.63) is 59.2 Å². The number of methoxy groups -OCH3 is 1. The molecule has 1 amide bonds. The zero-order chi connectivity index (χ0) is 26.4. The second-order valence-corrected chi connectivity index (χ2v) is 9.79. The molecule has 0 saturated heterocycles. The van der Waals surface area contributed by atoms with Crippen molar-refractivity contribution in [1.29, 1.82) is 5.41 Å². The fraction of sp³-hybridized carbons (Fsp3) is 0.357. The minimum absolute atomic E-state index is 0.0160. The zero-order valence-electron chi connectivity index (χ0n) is 21.6. The van der Waals surface area contributed by atoms with E-state index in [2.05, 4.69) is 43.0 Å². The number of hydrogen-bond donors (Lipinski definition) is 1. The Balaban J connectivity index is 1.38. The normalized spacial score (nSPS) is 16.9. The Morgan fingerprint density at radius 2 is 1.84 bits per heavy atom. The van der Waals surface area contributed by atoms with E-state index in [-0.39, 0.29) is 11.4 Å². The van der Waals surface area contributed by atoms with Crippen LogP contribution in [0.1, 0.15) is 57.1 Å². The second-order valence-electron chi connectivity index (χ2n) is 8.75. The van der Waals surface area contributed by atoms with Crippen LogP contribution in [0.5, 0.6) is 17.2 Å². The van der Waals surface area contributed by atoms with E-state index >= 15 is 0 Å². The molecule has 1 N–H and O–H groups in total. The van der Waals surface area contributed by atoms with E-state index in [9.17, 15) is 4.79 Å². The van der Waals surface area contributed by atoms with Crippen LogP contribution in [0.15, 0.2) is 58.1 Å². The van der Waals surface area contributed by atoms with Gasteiger partial charge in [-0.25, -0.2) is 0 Å². The van der Waals surface area contributed by atoms with Crippen molar-refractivity contribution in [2.24, 2.45) is 10.1 Å². The quantitative estimate of drug-likeness (QED) is 0.285. The van der Waals surface area contributed by atoms with Crippen molar-refractivity contribution in [2.45, 2.75) is 46.0 Å². The Morgan fingerprint density at radius 3 is 2.54 bits per heavy atom. The summed E-state index contributed by atoms with van der Waals surface area (Å²) >= 11 is 1.34. The van der Waals surface area contributed by atoms with Crippen molar-refractivity contribution in [3.8, 4) is 17.2 Å². The Kier molecular flexibility index (Phi) is 8.66. The minimum atomic E-state index is -0.453. The molecule has 0 aliphatic carbocycles. The molecule has 194 valence electrons. The number of fused-ring (bicyclic) bond motifs is 1. The van der Waals surface area contributed by atoms with Crippen LogP contribution in [0.4, 0.5) is 0 Å². The topological polar surface area (TPSA) is 96.6 Å². The first-order valence-corrected chi connectivity index (χ1v) is 13.3. The largest absolute Gasteiger partial charge is 0.493 e. The number of hydrogen-bond acceptors (Lipinski definition) is 7. The lowest BCUT2D eigenvalue weighted by molar-refractivity contribution is -0.114. The molecule has 0 radical (unpaired) electrons. The first kappa shape index (κ1) is 26.5. The molecule has 9 heteroatoms. The molecule has 37 heavy (non-hydrogen) atoms. The van der Waals surface area contributed by atoms with Crippen LogP contribution in [0, 0.1) is 5.41 Å². The number of carbonyl (C=O) groups is 1. The number of nitrogens with one attached hydrogen (secondary N) is 1. The van der Waals surface area contributed by atoms with Gasteiger partial charge in [0.05, 0.1) is 12.7 Å². The maximum absolute atomic E-state index is 12.6. The zero-order valence-corrected chi connectivity index (χ0v) is 22.4. The van der Waals surface area contributed by atoms with Gasteiger partial charge in [-0.05, 0) is 78.4 Å². The third-order valence-corrected chi connectivity index (χ3v) is 7.10. The number of amidine groups is 2. The predicted octanol–water partition coefficient (Wildman–Crippen LogP) is 6.09. The molecule has 0 spiro atoms. The van der Waals surface area contributed by atoms with Gasteiger partial charge in [0, 0.05) is 0 Å². The molecule has 2 aliphatic heterocycles. The minimum Gasteiger partial charge on any atom is -0.493 e. The van der Waals surface area contributed by atoms with E-state index in [1.807, 2.05) is 18.2 Å². The highest BCUT2D eigenvalue weighted by Crippen LogP contribution is 2.32. The van der Waals surface area contributed by atoms with E-state index in [1.165, 1.54) is 22.3 Å².